The van der Waals surface area contributed by atoms with Crippen LogP contribution in [0.25, 0.3) is 0 Å². The number of benzene rings is 1. The van der Waals surface area contributed by atoms with Crippen molar-refractivity contribution >= 4 is 11.5 Å². The highest BCUT2D eigenvalue weighted by molar-refractivity contribution is 5.58. The summed E-state index contributed by atoms with van der Waals surface area (Å²) in [6.45, 7) is 4.68. The summed E-state index contributed by atoms with van der Waals surface area (Å²) >= 11 is 0. The van der Waals surface area contributed by atoms with Crippen molar-refractivity contribution in [3.63, 3.8) is 0 Å². The third kappa shape index (κ3) is 4.10. The summed E-state index contributed by atoms with van der Waals surface area (Å²) in [5.74, 6) is 1.41. The van der Waals surface area contributed by atoms with Crippen molar-refractivity contribution in [3.05, 3.63) is 58.3 Å². The number of methoxy groups -OCH3 is 1. The fraction of sp³-hybridized carbons (Fsp3) is 0.421. The van der Waals surface area contributed by atoms with Gasteiger partial charge in [-0.1, -0.05) is 17.3 Å². The molecule has 0 N–H and O–H groups in total. The maximum atomic E-state index is 11.0. The molecule has 11 nitrogen and oxygen atoms in total. The Balaban J connectivity index is 1.33. The second-order valence-electron chi connectivity index (χ2n) is 7.19. The predicted molar refractivity (Wildman–Crippen MR) is 109 cm³/mol. The number of aromatic nitrogens is 5. The molecule has 4 rings (SSSR count). The summed E-state index contributed by atoms with van der Waals surface area (Å²) in [7, 11) is 3.32. The number of rotatable bonds is 7. The van der Waals surface area contributed by atoms with Crippen LogP contribution in [0, 0.1) is 10.1 Å². The van der Waals surface area contributed by atoms with Gasteiger partial charge in [0.2, 0.25) is 5.82 Å². The van der Waals surface area contributed by atoms with Gasteiger partial charge in [-0.25, -0.2) is 14.2 Å². The summed E-state index contributed by atoms with van der Waals surface area (Å²) in [5.41, 5.74) is 1.99. The smallest absolute Gasteiger partial charge is 0.342 e. The van der Waals surface area contributed by atoms with Gasteiger partial charge in [-0.15, -0.1) is 5.10 Å². The van der Waals surface area contributed by atoms with Gasteiger partial charge in [0.1, 0.15) is 18.5 Å². The van der Waals surface area contributed by atoms with Gasteiger partial charge < -0.3 is 19.8 Å². The maximum Gasteiger partial charge on any atom is 0.342 e. The van der Waals surface area contributed by atoms with Crippen LogP contribution in [0.1, 0.15) is 11.5 Å². The lowest BCUT2D eigenvalue weighted by Gasteiger charge is -2.36. The Labute approximate surface area is 173 Å². The normalized spacial score (nSPS) is 14.8. The van der Waals surface area contributed by atoms with Crippen LogP contribution in [0.3, 0.4) is 0 Å². The van der Waals surface area contributed by atoms with Crippen molar-refractivity contribution in [2.75, 3.05) is 38.2 Å². The molecule has 11 heteroatoms. The van der Waals surface area contributed by atoms with Crippen molar-refractivity contribution in [3.8, 4) is 5.75 Å². The maximum absolute atomic E-state index is 11.0. The first-order chi connectivity index (χ1) is 14.5. The number of imidazole rings is 1. The lowest BCUT2D eigenvalue weighted by atomic mass is 10.2. The van der Waals surface area contributed by atoms with Gasteiger partial charge >= 0.3 is 5.82 Å². The molecule has 0 amide bonds. The van der Waals surface area contributed by atoms with Crippen LogP contribution in [0.4, 0.5) is 11.5 Å². The summed E-state index contributed by atoms with van der Waals surface area (Å²) in [6, 6.07) is 8.07. The first kappa shape index (κ1) is 19.8. The first-order valence-electron chi connectivity index (χ1n) is 9.69. The molecule has 1 saturated heterocycles. The summed E-state index contributed by atoms with van der Waals surface area (Å²) in [6.07, 6.45) is 3.13. The zero-order valence-corrected chi connectivity index (χ0v) is 17.0. The van der Waals surface area contributed by atoms with Crippen LogP contribution in [0.5, 0.6) is 5.75 Å². The van der Waals surface area contributed by atoms with E-state index in [4.69, 9.17) is 4.74 Å². The van der Waals surface area contributed by atoms with Crippen molar-refractivity contribution in [1.82, 2.24) is 29.4 Å². The Morgan fingerprint density at radius 1 is 1.17 bits per heavy atom. The molecule has 30 heavy (non-hydrogen) atoms. The van der Waals surface area contributed by atoms with Crippen molar-refractivity contribution in [2.45, 2.75) is 13.1 Å². The zero-order chi connectivity index (χ0) is 21.1. The number of piperazine rings is 1. The van der Waals surface area contributed by atoms with Gasteiger partial charge in [-0.3, -0.25) is 4.90 Å². The Bertz CT molecular complexity index is 1020. The molecule has 3 heterocycles. The zero-order valence-electron chi connectivity index (χ0n) is 17.0. The van der Waals surface area contributed by atoms with Crippen LogP contribution in [0.15, 0.2) is 36.7 Å². The van der Waals surface area contributed by atoms with Gasteiger partial charge in [-0.05, 0) is 17.1 Å². The average Bonchev–Trinajstić information content (AvgIpc) is 3.35. The minimum Gasteiger partial charge on any atom is -0.495 e. The van der Waals surface area contributed by atoms with E-state index < -0.39 is 4.92 Å². The number of nitrogens with zero attached hydrogens (tertiary/aromatic N) is 8. The second-order valence-corrected chi connectivity index (χ2v) is 7.19. The SMILES string of the molecule is COc1ccccc1N1CCN(Cc2cn(Cc3ncc([N+](=O)[O-])n3C)nn2)CC1. The number of ether oxygens (including phenoxy) is 1. The lowest BCUT2D eigenvalue weighted by Crippen LogP contribution is -2.46. The Hall–Kier alpha value is -3.47. The van der Waals surface area contributed by atoms with E-state index in [1.165, 1.54) is 10.8 Å². The van der Waals surface area contributed by atoms with Crippen LogP contribution in [-0.4, -0.2) is 67.7 Å². The van der Waals surface area contributed by atoms with Gasteiger partial charge in [0.15, 0.2) is 0 Å². The van der Waals surface area contributed by atoms with Gasteiger partial charge in [0, 0.05) is 32.7 Å². The van der Waals surface area contributed by atoms with Crippen molar-refractivity contribution < 1.29 is 9.66 Å². The number of nitro groups is 1. The van der Waals surface area contributed by atoms with E-state index in [0.717, 1.165) is 43.3 Å². The molecule has 0 radical (unpaired) electrons. The van der Waals surface area contributed by atoms with E-state index in [0.29, 0.717) is 18.9 Å². The minimum atomic E-state index is -0.450. The molecule has 0 atom stereocenters. The lowest BCUT2D eigenvalue weighted by molar-refractivity contribution is -0.391. The fourth-order valence-corrected chi connectivity index (χ4v) is 3.65. The van der Waals surface area contributed by atoms with E-state index in [2.05, 4.69) is 31.2 Å². The van der Waals surface area contributed by atoms with E-state index in [9.17, 15) is 10.1 Å². The van der Waals surface area contributed by atoms with E-state index >= 15 is 0 Å². The highest BCUT2D eigenvalue weighted by Crippen LogP contribution is 2.28. The molecule has 0 spiro atoms. The number of anilines is 1. The Morgan fingerprint density at radius 2 is 1.93 bits per heavy atom. The fourth-order valence-electron chi connectivity index (χ4n) is 3.65. The van der Waals surface area contributed by atoms with Crippen LogP contribution in [0.2, 0.25) is 0 Å². The van der Waals surface area contributed by atoms with E-state index in [-0.39, 0.29) is 5.82 Å². The third-order valence-electron chi connectivity index (χ3n) is 5.32. The Kier molecular flexibility index (Phi) is 5.61. The van der Waals surface area contributed by atoms with E-state index in [1.807, 2.05) is 24.4 Å². The second kappa shape index (κ2) is 8.49. The molecule has 0 unspecified atom stereocenters. The third-order valence-corrected chi connectivity index (χ3v) is 5.32. The molecular weight excluding hydrogens is 388 g/mol. The largest absolute Gasteiger partial charge is 0.495 e. The van der Waals surface area contributed by atoms with Gasteiger partial charge in [0.05, 0.1) is 31.7 Å². The van der Waals surface area contributed by atoms with Gasteiger partial charge in [-0.2, -0.15) is 0 Å². The minimum absolute atomic E-state index is 0.0433. The molecule has 0 bridgehead atoms. The molecular formula is C19H24N8O3. The predicted octanol–water partition coefficient (Wildman–Crippen LogP) is 1.30. The quantitative estimate of drug-likeness (QED) is 0.422. The van der Waals surface area contributed by atoms with Crippen LogP contribution < -0.4 is 9.64 Å². The summed E-state index contributed by atoms with van der Waals surface area (Å²) in [5, 5.41) is 19.4. The molecule has 0 saturated carbocycles. The highest BCUT2D eigenvalue weighted by Gasteiger charge is 2.21. The molecule has 3 aromatic rings. The summed E-state index contributed by atoms with van der Waals surface area (Å²) in [4.78, 5) is 19.3. The molecule has 1 aromatic carbocycles. The highest BCUT2D eigenvalue weighted by atomic mass is 16.6. The van der Waals surface area contributed by atoms with Gasteiger partial charge in [0.25, 0.3) is 0 Å². The number of para-hydroxylation sites is 2. The molecule has 1 aliphatic heterocycles. The van der Waals surface area contributed by atoms with Crippen molar-refractivity contribution in [1.29, 1.82) is 0 Å². The topological polar surface area (TPSA) is 107 Å². The number of hydrogen-bond donors (Lipinski definition) is 0. The standard InChI is InChI=1S/C19H24N8O3/c1-23-18(20-11-19(23)27(28)29)14-26-13-15(21-22-26)12-24-7-9-25(10-8-24)16-5-3-4-6-17(16)30-2/h3-6,11,13H,7-10,12,14H2,1-2H3. The molecule has 158 valence electrons. The monoisotopic (exact) mass is 412 g/mol. The van der Waals surface area contributed by atoms with Crippen molar-refractivity contribution in [2.24, 2.45) is 7.05 Å². The van der Waals surface area contributed by atoms with Crippen LogP contribution >= 0.6 is 0 Å². The summed E-state index contributed by atoms with van der Waals surface area (Å²) < 4.78 is 8.59. The number of hydrogen-bond acceptors (Lipinski definition) is 8. The molecule has 1 fully saturated rings. The molecule has 2 aromatic heterocycles. The molecule has 0 aliphatic carbocycles. The first-order valence-corrected chi connectivity index (χ1v) is 9.69. The molecule has 1 aliphatic rings. The van der Waals surface area contributed by atoms with Crippen LogP contribution in [-0.2, 0) is 20.1 Å². The Morgan fingerprint density at radius 3 is 2.63 bits per heavy atom. The average molecular weight is 412 g/mol. The van der Waals surface area contributed by atoms with E-state index in [1.54, 1.807) is 18.8 Å².